The highest BCUT2D eigenvalue weighted by atomic mass is 35.5. The molecule has 40 heavy (non-hydrogen) atoms. The maximum atomic E-state index is 13.4. The van der Waals surface area contributed by atoms with Crippen molar-refractivity contribution in [2.45, 2.75) is 6.18 Å². The molecule has 2 aromatic heterocycles. The lowest BCUT2D eigenvalue weighted by Crippen LogP contribution is -2.20. The molecule has 2 heterocycles. The largest absolute Gasteiger partial charge is 0.437 e. The smallest absolute Gasteiger partial charge is 0.416 e. The van der Waals surface area contributed by atoms with Gasteiger partial charge in [-0.1, -0.05) is 35.9 Å². The molecule has 3 aromatic carbocycles. The van der Waals surface area contributed by atoms with Crippen molar-refractivity contribution >= 4 is 34.4 Å². The van der Waals surface area contributed by atoms with Gasteiger partial charge >= 0.3 is 6.18 Å². The zero-order valence-corrected chi connectivity index (χ0v) is 20.8. The number of hydrogen-bond donors (Lipinski definition) is 0. The molecule has 0 fully saturated rings. The Labute approximate surface area is 227 Å². The van der Waals surface area contributed by atoms with Gasteiger partial charge in [-0.05, 0) is 48.0 Å². The molecule has 0 aliphatic carbocycles. The van der Waals surface area contributed by atoms with Crippen molar-refractivity contribution in [2.75, 3.05) is 0 Å². The van der Waals surface area contributed by atoms with E-state index in [-0.39, 0.29) is 39.1 Å². The Morgan fingerprint density at radius 1 is 1.02 bits per heavy atom. The number of pyridine rings is 1. The molecule has 0 unspecified atom stereocenters. The van der Waals surface area contributed by atoms with Crippen molar-refractivity contribution in [3.8, 4) is 23.0 Å². The maximum Gasteiger partial charge on any atom is 0.416 e. The Morgan fingerprint density at radius 2 is 1.82 bits per heavy atom. The highest BCUT2D eigenvalue weighted by Gasteiger charge is 2.31. The molecule has 200 valence electrons. The third kappa shape index (κ3) is 5.52. The minimum absolute atomic E-state index is 0.0483. The van der Waals surface area contributed by atoms with Crippen molar-refractivity contribution < 1.29 is 22.8 Å². The first-order valence-corrected chi connectivity index (χ1v) is 11.8. The van der Waals surface area contributed by atoms with Crippen LogP contribution in [0.1, 0.15) is 11.1 Å². The van der Waals surface area contributed by atoms with Gasteiger partial charge in [0.15, 0.2) is 5.82 Å². The van der Waals surface area contributed by atoms with Crippen LogP contribution in [0.3, 0.4) is 0 Å². The lowest BCUT2D eigenvalue weighted by molar-refractivity contribution is -0.385. The van der Waals surface area contributed by atoms with Gasteiger partial charge in [0.25, 0.3) is 11.2 Å². The number of alkyl halides is 3. The third-order valence-electron chi connectivity index (χ3n) is 5.63. The number of aromatic nitrogens is 3. The molecule has 0 aliphatic rings. The fraction of sp³-hybridized carbons (Fsp3) is 0.0370. The summed E-state index contributed by atoms with van der Waals surface area (Å²) in [5.74, 6) is 0.198. The lowest BCUT2D eigenvalue weighted by atomic mass is 10.1. The number of para-hydroxylation sites is 1. The predicted octanol–water partition coefficient (Wildman–Crippen LogP) is 6.71. The summed E-state index contributed by atoms with van der Waals surface area (Å²) >= 11 is 6.33. The molecule has 5 rings (SSSR count). The Morgan fingerprint density at radius 3 is 2.52 bits per heavy atom. The first-order valence-electron chi connectivity index (χ1n) is 11.4. The van der Waals surface area contributed by atoms with E-state index in [1.54, 1.807) is 30.3 Å². The van der Waals surface area contributed by atoms with E-state index in [1.807, 2.05) is 0 Å². The number of hydrogen-bond acceptors (Lipinski definition) is 7. The van der Waals surface area contributed by atoms with Gasteiger partial charge < -0.3 is 4.74 Å². The SMILES string of the molecule is O=c1c2ccccc2nc(-c2cccc(C(F)(F)F)c2)n1N=Cc1ccc(Oc2ccc([N+](=O)[O-])cn2)c(Cl)c1. The predicted molar refractivity (Wildman–Crippen MR) is 142 cm³/mol. The van der Waals surface area contributed by atoms with Crippen molar-refractivity contribution in [2.24, 2.45) is 5.10 Å². The molecule has 0 amide bonds. The average Bonchev–Trinajstić information content (AvgIpc) is 2.94. The van der Waals surface area contributed by atoms with E-state index in [0.717, 1.165) is 23.0 Å². The van der Waals surface area contributed by atoms with Crippen LogP contribution < -0.4 is 10.3 Å². The van der Waals surface area contributed by atoms with Gasteiger partial charge in [-0.2, -0.15) is 22.9 Å². The van der Waals surface area contributed by atoms with Crippen molar-refractivity contribution in [3.63, 3.8) is 0 Å². The summed E-state index contributed by atoms with van der Waals surface area (Å²) < 4.78 is 46.6. The summed E-state index contributed by atoms with van der Waals surface area (Å²) in [6.07, 6.45) is -2.25. The first kappa shape index (κ1) is 26.5. The van der Waals surface area contributed by atoms with E-state index < -0.39 is 22.2 Å². The fourth-order valence-electron chi connectivity index (χ4n) is 3.71. The summed E-state index contributed by atoms with van der Waals surface area (Å²) in [4.78, 5) is 31.8. The minimum atomic E-state index is -4.59. The van der Waals surface area contributed by atoms with Crippen molar-refractivity contribution in [3.05, 3.63) is 122 Å². The van der Waals surface area contributed by atoms with Crippen LogP contribution in [0.25, 0.3) is 22.3 Å². The van der Waals surface area contributed by atoms with E-state index in [4.69, 9.17) is 16.3 Å². The van der Waals surface area contributed by atoms with Crippen LogP contribution in [-0.2, 0) is 6.18 Å². The molecule has 5 aromatic rings. The van der Waals surface area contributed by atoms with Crippen LogP contribution in [0.4, 0.5) is 18.9 Å². The molecule has 0 aliphatic heterocycles. The number of nitrogens with zero attached hydrogens (tertiary/aromatic N) is 5. The third-order valence-corrected chi connectivity index (χ3v) is 5.92. The van der Waals surface area contributed by atoms with Gasteiger partial charge in [0.2, 0.25) is 5.88 Å². The quantitative estimate of drug-likeness (QED) is 0.128. The average molecular weight is 566 g/mol. The standard InChI is InChI=1S/C27H15ClF3N5O4/c28-21-12-16(8-10-23(21)40-24-11-9-19(15-32-24)36(38)39)14-33-35-25(17-4-3-5-18(13-17)27(29,30)31)34-22-7-2-1-6-20(22)26(35)37/h1-15H. The van der Waals surface area contributed by atoms with E-state index in [1.165, 1.54) is 42.6 Å². The minimum Gasteiger partial charge on any atom is -0.437 e. The number of fused-ring (bicyclic) bond motifs is 1. The van der Waals surface area contributed by atoms with Gasteiger partial charge in [-0.25, -0.2) is 9.97 Å². The van der Waals surface area contributed by atoms with Gasteiger partial charge in [0.1, 0.15) is 11.9 Å². The first-order chi connectivity index (χ1) is 19.1. The van der Waals surface area contributed by atoms with Crippen LogP contribution in [0.15, 0.2) is 95.0 Å². The molecular weight excluding hydrogens is 551 g/mol. The highest BCUT2D eigenvalue weighted by molar-refractivity contribution is 6.32. The van der Waals surface area contributed by atoms with E-state index in [0.29, 0.717) is 11.1 Å². The molecule has 0 atom stereocenters. The van der Waals surface area contributed by atoms with Crippen LogP contribution in [-0.4, -0.2) is 25.8 Å². The number of halogens is 4. The number of ether oxygens (including phenoxy) is 1. The van der Waals surface area contributed by atoms with Crippen LogP contribution in [0.5, 0.6) is 11.6 Å². The van der Waals surface area contributed by atoms with Gasteiger partial charge in [0.05, 0.1) is 32.6 Å². The molecule has 13 heteroatoms. The van der Waals surface area contributed by atoms with Crippen LogP contribution in [0.2, 0.25) is 5.02 Å². The number of rotatable bonds is 6. The summed E-state index contributed by atoms with van der Waals surface area (Å²) in [5, 5.41) is 15.4. The van der Waals surface area contributed by atoms with Gasteiger partial charge in [-0.15, -0.1) is 0 Å². The Balaban J connectivity index is 1.51. The molecule has 0 bridgehead atoms. The van der Waals surface area contributed by atoms with E-state index in [9.17, 15) is 28.1 Å². The monoisotopic (exact) mass is 565 g/mol. The second-order valence-electron chi connectivity index (χ2n) is 8.30. The summed E-state index contributed by atoms with van der Waals surface area (Å²) in [5.41, 5.74) is -0.891. The van der Waals surface area contributed by atoms with E-state index in [2.05, 4.69) is 15.1 Å². The zero-order valence-electron chi connectivity index (χ0n) is 20.0. The Bertz CT molecular complexity index is 1840. The number of benzene rings is 3. The van der Waals surface area contributed by atoms with Gasteiger partial charge in [0, 0.05) is 17.7 Å². The summed E-state index contributed by atoms with van der Waals surface area (Å²) in [6.45, 7) is 0. The molecule has 0 N–H and O–H groups in total. The number of nitro groups is 1. The topological polar surface area (TPSA) is 113 Å². The second-order valence-corrected chi connectivity index (χ2v) is 8.70. The van der Waals surface area contributed by atoms with Crippen LogP contribution >= 0.6 is 11.6 Å². The normalized spacial score (nSPS) is 11.7. The van der Waals surface area contributed by atoms with Crippen LogP contribution in [0, 0.1) is 10.1 Å². The molecule has 0 radical (unpaired) electrons. The lowest BCUT2D eigenvalue weighted by Gasteiger charge is -2.12. The molecular formula is C27H15ClF3N5O4. The highest BCUT2D eigenvalue weighted by Crippen LogP contribution is 2.32. The summed E-state index contributed by atoms with van der Waals surface area (Å²) in [7, 11) is 0. The zero-order chi connectivity index (χ0) is 28.4. The van der Waals surface area contributed by atoms with E-state index >= 15 is 0 Å². The summed E-state index contributed by atoms with van der Waals surface area (Å²) in [6, 6.07) is 18.0. The van der Waals surface area contributed by atoms with Crippen molar-refractivity contribution in [1.29, 1.82) is 0 Å². The van der Waals surface area contributed by atoms with Crippen molar-refractivity contribution in [1.82, 2.24) is 14.6 Å². The maximum absolute atomic E-state index is 13.4. The second kappa shape index (κ2) is 10.6. The molecule has 0 saturated heterocycles. The molecule has 0 spiro atoms. The Hall–Kier alpha value is -5.10. The fourth-order valence-corrected chi connectivity index (χ4v) is 3.94. The molecule has 9 nitrogen and oxygen atoms in total. The van der Waals surface area contributed by atoms with Gasteiger partial charge in [-0.3, -0.25) is 14.9 Å². The molecule has 0 saturated carbocycles. The Kier molecular flexibility index (Phi) is 7.01.